The lowest BCUT2D eigenvalue weighted by Crippen LogP contribution is -2.16. The van der Waals surface area contributed by atoms with E-state index < -0.39 is 18.0 Å². The minimum Gasteiger partial charge on any atom is -0.491 e. The fourth-order valence-electron chi connectivity index (χ4n) is 4.27. The van der Waals surface area contributed by atoms with Crippen LogP contribution in [0.25, 0.3) is 11.1 Å². The number of hydrogen-bond acceptors (Lipinski definition) is 6. The van der Waals surface area contributed by atoms with Crippen molar-refractivity contribution in [2.75, 3.05) is 13.2 Å². The van der Waals surface area contributed by atoms with Crippen LogP contribution in [0.4, 0.5) is 0 Å². The van der Waals surface area contributed by atoms with Crippen molar-refractivity contribution >= 4 is 17.7 Å². The Labute approximate surface area is 228 Å². The molecule has 204 valence electrons. The number of aliphatic hydroxyl groups is 1. The quantitative estimate of drug-likeness (QED) is 0.172. The third-order valence-electron chi connectivity index (χ3n) is 6.32. The summed E-state index contributed by atoms with van der Waals surface area (Å²) >= 11 is 0. The molecule has 0 amide bonds. The number of benzene rings is 3. The predicted molar refractivity (Wildman–Crippen MR) is 149 cm³/mol. The van der Waals surface area contributed by atoms with E-state index in [2.05, 4.69) is 6.58 Å². The van der Waals surface area contributed by atoms with Crippen molar-refractivity contribution in [3.05, 3.63) is 102 Å². The summed E-state index contributed by atoms with van der Waals surface area (Å²) in [5.74, 6) is -1.42. The predicted octanol–water partition coefficient (Wildman–Crippen LogP) is 6.42. The molecule has 7 heteroatoms. The Morgan fingerprint density at radius 1 is 0.872 bits per heavy atom. The Morgan fingerprint density at radius 3 is 2.15 bits per heavy atom. The first-order valence-electron chi connectivity index (χ1n) is 13.0. The molecule has 7 nitrogen and oxygen atoms in total. The van der Waals surface area contributed by atoms with Gasteiger partial charge in [-0.25, -0.2) is 9.59 Å². The van der Waals surface area contributed by atoms with Crippen LogP contribution in [0.5, 0.6) is 5.75 Å². The van der Waals surface area contributed by atoms with Gasteiger partial charge in [0.05, 0.1) is 17.7 Å². The van der Waals surface area contributed by atoms with E-state index in [1.54, 1.807) is 66.7 Å². The van der Waals surface area contributed by atoms with Gasteiger partial charge < -0.3 is 19.7 Å². The van der Waals surface area contributed by atoms with Gasteiger partial charge in [0.1, 0.15) is 18.5 Å². The molecule has 0 saturated heterocycles. The topological polar surface area (TPSA) is 110 Å². The number of ether oxygens (including phenoxy) is 2. The summed E-state index contributed by atoms with van der Waals surface area (Å²) in [7, 11) is 0. The number of carboxylic acids is 1. The monoisotopic (exact) mass is 530 g/mol. The normalized spacial score (nSPS) is 11.4. The Bertz CT molecular complexity index is 1310. The van der Waals surface area contributed by atoms with Crippen LogP contribution in [0.2, 0.25) is 0 Å². The van der Waals surface area contributed by atoms with Crippen LogP contribution < -0.4 is 4.74 Å². The second-order valence-corrected chi connectivity index (χ2v) is 9.07. The van der Waals surface area contributed by atoms with Crippen molar-refractivity contribution in [1.82, 2.24) is 0 Å². The molecule has 3 aromatic rings. The van der Waals surface area contributed by atoms with E-state index in [0.717, 1.165) is 12.8 Å². The molecule has 0 fully saturated rings. The molecular formula is C32H34O7. The van der Waals surface area contributed by atoms with Crippen molar-refractivity contribution in [2.45, 2.75) is 45.1 Å². The van der Waals surface area contributed by atoms with Gasteiger partial charge in [0.2, 0.25) is 0 Å². The van der Waals surface area contributed by atoms with Crippen LogP contribution >= 0.6 is 0 Å². The third kappa shape index (κ3) is 7.88. The van der Waals surface area contributed by atoms with Crippen molar-refractivity contribution in [1.29, 1.82) is 0 Å². The molecule has 0 aromatic heterocycles. The zero-order valence-corrected chi connectivity index (χ0v) is 22.1. The summed E-state index contributed by atoms with van der Waals surface area (Å²) in [6.45, 7) is 5.83. The van der Waals surface area contributed by atoms with Gasteiger partial charge in [0.15, 0.2) is 5.78 Å². The minimum atomic E-state index is -1.11. The van der Waals surface area contributed by atoms with Crippen LogP contribution in [0.1, 0.15) is 71.4 Å². The summed E-state index contributed by atoms with van der Waals surface area (Å²) < 4.78 is 11.7. The highest BCUT2D eigenvalue weighted by Crippen LogP contribution is 2.34. The molecule has 0 spiro atoms. The summed E-state index contributed by atoms with van der Waals surface area (Å²) in [5, 5.41) is 18.9. The molecular weight excluding hydrogens is 496 g/mol. The first-order valence-corrected chi connectivity index (χ1v) is 13.0. The zero-order chi connectivity index (χ0) is 28.2. The summed E-state index contributed by atoms with van der Waals surface area (Å²) in [4.78, 5) is 38.2. The number of unbranched alkanes of at least 4 members (excludes halogenated alkanes) is 1. The lowest BCUT2D eigenvalue weighted by Gasteiger charge is -2.22. The maximum atomic E-state index is 13.6. The number of hydrogen-bond donors (Lipinski definition) is 2. The second-order valence-electron chi connectivity index (χ2n) is 9.07. The molecule has 0 saturated carbocycles. The van der Waals surface area contributed by atoms with Gasteiger partial charge in [0, 0.05) is 12.0 Å². The van der Waals surface area contributed by atoms with E-state index in [0.29, 0.717) is 34.4 Å². The molecule has 0 bridgehead atoms. The Morgan fingerprint density at radius 2 is 1.49 bits per heavy atom. The molecule has 1 atom stereocenters. The van der Waals surface area contributed by atoms with E-state index >= 15 is 0 Å². The molecule has 0 aliphatic heterocycles. The first-order chi connectivity index (χ1) is 18.9. The zero-order valence-electron chi connectivity index (χ0n) is 22.1. The minimum absolute atomic E-state index is 0.0548. The standard InChI is InChI=1S/C32H34O7/c1-3-4-11-22(2)28(34)18-19-30(27-16-9-10-17-29(27)38-21-20-33)39-32(37)26-15-8-6-13-24(26)23-12-5-7-14-25(23)31(35)36/h5-10,12-17,30,33H,2-4,11,18-21H2,1H3,(H,35,36)/t30-/m0/s1. The fraction of sp³-hybridized carbons (Fsp3) is 0.281. The van der Waals surface area contributed by atoms with Crippen molar-refractivity contribution in [3.8, 4) is 16.9 Å². The van der Waals surface area contributed by atoms with Gasteiger partial charge in [-0.2, -0.15) is 0 Å². The van der Waals surface area contributed by atoms with E-state index in [1.165, 1.54) is 6.07 Å². The highest BCUT2D eigenvalue weighted by Gasteiger charge is 2.25. The van der Waals surface area contributed by atoms with Gasteiger partial charge in [-0.3, -0.25) is 4.79 Å². The van der Waals surface area contributed by atoms with E-state index in [1.807, 2.05) is 6.92 Å². The number of allylic oxidation sites excluding steroid dienone is 1. The highest BCUT2D eigenvalue weighted by molar-refractivity contribution is 6.02. The smallest absolute Gasteiger partial charge is 0.339 e. The number of carbonyl (C=O) groups excluding carboxylic acids is 2. The van der Waals surface area contributed by atoms with Crippen molar-refractivity contribution in [3.63, 3.8) is 0 Å². The van der Waals surface area contributed by atoms with Gasteiger partial charge >= 0.3 is 11.9 Å². The lowest BCUT2D eigenvalue weighted by atomic mass is 9.95. The molecule has 0 unspecified atom stereocenters. The van der Waals surface area contributed by atoms with Crippen LogP contribution in [0, 0.1) is 0 Å². The maximum Gasteiger partial charge on any atom is 0.339 e. The van der Waals surface area contributed by atoms with Gasteiger partial charge in [0.25, 0.3) is 0 Å². The number of carbonyl (C=O) groups is 3. The van der Waals surface area contributed by atoms with Gasteiger partial charge in [-0.05, 0) is 54.2 Å². The average molecular weight is 531 g/mol. The van der Waals surface area contributed by atoms with Crippen LogP contribution in [0.3, 0.4) is 0 Å². The fourth-order valence-corrected chi connectivity index (χ4v) is 4.27. The van der Waals surface area contributed by atoms with E-state index in [4.69, 9.17) is 9.47 Å². The number of aromatic carboxylic acids is 1. The number of aliphatic hydroxyl groups excluding tert-OH is 1. The molecule has 3 aromatic carbocycles. The van der Waals surface area contributed by atoms with Crippen LogP contribution in [-0.4, -0.2) is 41.1 Å². The highest BCUT2D eigenvalue weighted by atomic mass is 16.5. The second kappa shape index (κ2) is 14.6. The van der Waals surface area contributed by atoms with Crippen LogP contribution in [-0.2, 0) is 9.53 Å². The van der Waals surface area contributed by atoms with Gasteiger partial charge in [-0.15, -0.1) is 0 Å². The Hall–Kier alpha value is -4.23. The molecule has 2 N–H and O–H groups in total. The Balaban J connectivity index is 1.95. The van der Waals surface area contributed by atoms with E-state index in [9.17, 15) is 24.6 Å². The molecule has 0 radical (unpaired) electrons. The molecule has 3 rings (SSSR count). The van der Waals surface area contributed by atoms with E-state index in [-0.39, 0.29) is 43.0 Å². The van der Waals surface area contributed by atoms with Crippen LogP contribution in [0.15, 0.2) is 84.9 Å². The molecule has 0 aliphatic rings. The SMILES string of the molecule is C=C(CCCC)C(=O)CC[C@H](OC(=O)c1ccccc1-c1ccccc1C(=O)O)c1ccccc1OCCO. The summed E-state index contributed by atoms with van der Waals surface area (Å²) in [6, 6.07) is 20.1. The first kappa shape index (κ1) is 29.3. The number of rotatable bonds is 15. The van der Waals surface area contributed by atoms with Crippen molar-refractivity contribution in [2.24, 2.45) is 0 Å². The molecule has 39 heavy (non-hydrogen) atoms. The number of para-hydroxylation sites is 1. The average Bonchev–Trinajstić information content (AvgIpc) is 2.96. The molecule has 0 aliphatic carbocycles. The lowest BCUT2D eigenvalue weighted by molar-refractivity contribution is -0.116. The maximum absolute atomic E-state index is 13.6. The molecule has 0 heterocycles. The largest absolute Gasteiger partial charge is 0.491 e. The van der Waals surface area contributed by atoms with Gasteiger partial charge in [-0.1, -0.05) is 74.5 Å². The summed E-state index contributed by atoms with van der Waals surface area (Å²) in [5.41, 5.74) is 2.19. The third-order valence-corrected chi connectivity index (χ3v) is 6.32. The number of esters is 1. The van der Waals surface area contributed by atoms with Crippen molar-refractivity contribution < 1.29 is 34.1 Å². The number of Topliss-reactive ketones (excluding diaryl/α,β-unsaturated/α-hetero) is 1. The summed E-state index contributed by atoms with van der Waals surface area (Å²) in [6.07, 6.45) is 1.92. The Kier molecular flexibility index (Phi) is 11.0. The number of ketones is 1. The number of carboxylic acid groups (broad SMARTS) is 1.